The van der Waals surface area contributed by atoms with Crippen LogP contribution >= 0.6 is 0 Å². The molecule has 2 aliphatic heterocycles. The zero-order chi connectivity index (χ0) is 57.9. The second kappa shape index (κ2) is 31.5. The van der Waals surface area contributed by atoms with Gasteiger partial charge in [0.2, 0.25) is 29.5 Å². The van der Waals surface area contributed by atoms with Gasteiger partial charge in [0.15, 0.2) is 5.78 Å². The van der Waals surface area contributed by atoms with Crippen molar-refractivity contribution in [2.45, 2.75) is 194 Å². The molecule has 4 rings (SSSR count). The summed E-state index contributed by atoms with van der Waals surface area (Å²) >= 11 is 0. The van der Waals surface area contributed by atoms with Crippen molar-refractivity contribution in [3.05, 3.63) is 48.0 Å². The molecule has 436 valence electrons. The number of rotatable bonds is 36. The molecule has 11 atom stereocenters. The molecule has 78 heavy (non-hydrogen) atoms. The van der Waals surface area contributed by atoms with Gasteiger partial charge in [-0.2, -0.15) is 0 Å². The van der Waals surface area contributed by atoms with Crippen LogP contribution in [0.1, 0.15) is 170 Å². The normalized spacial score (nSPS) is 21.3. The van der Waals surface area contributed by atoms with Crippen molar-refractivity contribution in [1.82, 2.24) is 30.9 Å². The lowest BCUT2D eigenvalue weighted by atomic mass is 9.77. The SMILES string of the molecule is CCC(C)C(CC(C)CC(=O)C(NC(=O)C(C(C)C)N(C)CCCC(=O)NNC(=O)CCCCCN1C(=O)C=CC1=O)C(C)C)C(CC(=O)N1CCCC1C(OC)C(C)C(=O)CCCC1(C(N)=O)CC1c1ccccc1)OC. The van der Waals surface area contributed by atoms with Crippen LogP contribution in [0, 0.1) is 40.9 Å². The van der Waals surface area contributed by atoms with Gasteiger partial charge in [-0.15, -0.1) is 0 Å². The largest absolute Gasteiger partial charge is 0.381 e. The Morgan fingerprint density at radius 2 is 1.44 bits per heavy atom. The molecule has 11 unspecified atom stereocenters. The summed E-state index contributed by atoms with van der Waals surface area (Å²) < 4.78 is 12.2. The van der Waals surface area contributed by atoms with Crippen molar-refractivity contribution in [2.75, 3.05) is 40.9 Å². The maximum absolute atomic E-state index is 14.4. The Morgan fingerprint density at radius 3 is 2.01 bits per heavy atom. The van der Waals surface area contributed by atoms with Crippen LogP contribution in [0.15, 0.2) is 42.5 Å². The Labute approximate surface area is 464 Å². The van der Waals surface area contributed by atoms with Crippen molar-refractivity contribution in [1.29, 1.82) is 0 Å². The number of nitrogens with zero attached hydrogens (tertiary/aromatic N) is 3. The van der Waals surface area contributed by atoms with Crippen LogP contribution in [-0.4, -0.2) is 139 Å². The average Bonchev–Trinajstić information content (AvgIpc) is 4.03. The number of unbranched alkanes of at least 4 members (excludes halogenated alkanes) is 2. The van der Waals surface area contributed by atoms with Gasteiger partial charge in [-0.25, -0.2) is 0 Å². The number of nitrogens with one attached hydrogen (secondary N) is 3. The van der Waals surface area contributed by atoms with Gasteiger partial charge >= 0.3 is 0 Å². The Bertz CT molecular complexity index is 2200. The molecule has 0 spiro atoms. The molecule has 18 nitrogen and oxygen atoms in total. The maximum atomic E-state index is 14.4. The second-order valence-corrected chi connectivity index (χ2v) is 23.4. The molecule has 5 N–H and O–H groups in total. The van der Waals surface area contributed by atoms with Gasteiger partial charge < -0.3 is 25.4 Å². The van der Waals surface area contributed by atoms with E-state index in [1.165, 1.54) is 17.1 Å². The molecule has 1 aliphatic carbocycles. The average molecular weight is 1090 g/mol. The number of Topliss-reactive ketones (excluding diaryl/α,β-unsaturated/α-hetero) is 2. The fourth-order valence-corrected chi connectivity index (χ4v) is 12.1. The predicted octanol–water partition coefficient (Wildman–Crippen LogP) is 6.59. The Kier molecular flexibility index (Phi) is 26.3. The summed E-state index contributed by atoms with van der Waals surface area (Å²) in [5.74, 6) is -2.72. The van der Waals surface area contributed by atoms with Crippen LogP contribution < -0.4 is 21.9 Å². The number of ketones is 2. The van der Waals surface area contributed by atoms with Gasteiger partial charge in [-0.05, 0) is 112 Å². The molecule has 1 aromatic rings. The number of hydrogen-bond donors (Lipinski definition) is 4. The summed E-state index contributed by atoms with van der Waals surface area (Å²) in [5, 5.41) is 3.08. The summed E-state index contributed by atoms with van der Waals surface area (Å²) in [6.07, 6.45) is 9.38. The Hall–Kier alpha value is -5.33. The minimum absolute atomic E-state index is 0.0359. The fourth-order valence-electron chi connectivity index (χ4n) is 12.1. The Morgan fingerprint density at radius 1 is 0.795 bits per heavy atom. The van der Waals surface area contributed by atoms with Gasteiger partial charge in [-0.1, -0.05) is 98.6 Å². The van der Waals surface area contributed by atoms with E-state index in [9.17, 15) is 43.2 Å². The summed E-state index contributed by atoms with van der Waals surface area (Å²) in [6.45, 7) is 17.1. The van der Waals surface area contributed by atoms with Gasteiger partial charge in [0, 0.05) is 71.1 Å². The molecular formula is C60H95N7O11. The molecule has 3 aliphatic rings. The number of likely N-dealkylation sites (tertiary alicyclic amines) is 1. The standard InChI is InChI=1S/C60H95N7O11/c1-12-41(7)44(49(77-10)36-54(74)66-33-20-24-46(66)57(78-11)42(8)47(68)25-19-30-60(59(61)76)37-45(60)43-22-15-13-16-23-43)34-40(6)35-48(69)55(38(2)3)62-58(75)56(39(4)5)65(9)31-21-27-51(71)64-63-50(70)26-17-14-18-32-67-52(72)28-29-53(67)73/h13,15-16,22-23,28-29,38-42,44-46,49,55-57H,12,14,17-21,24-27,30-37H2,1-11H3,(H2,61,76)(H,62,75)(H,63,70)(H,64,71). The van der Waals surface area contributed by atoms with E-state index in [4.69, 9.17) is 15.2 Å². The molecule has 2 fully saturated rings. The number of benzene rings is 1. The first kappa shape index (κ1) is 65.2. The lowest BCUT2D eigenvalue weighted by Gasteiger charge is -2.37. The van der Waals surface area contributed by atoms with Gasteiger partial charge in [0.05, 0.1) is 42.2 Å². The lowest BCUT2D eigenvalue weighted by molar-refractivity contribution is -0.142. The second-order valence-electron chi connectivity index (χ2n) is 23.4. The molecule has 0 aromatic heterocycles. The number of nitrogens with two attached hydrogens (primary N) is 1. The molecule has 1 saturated heterocycles. The number of hydrogen-bond acceptors (Lipinski definition) is 12. The van der Waals surface area contributed by atoms with Crippen LogP contribution in [0.4, 0.5) is 0 Å². The molecule has 2 heterocycles. The number of imide groups is 1. The quantitative estimate of drug-likeness (QED) is 0.0316. The molecule has 1 saturated carbocycles. The van der Waals surface area contributed by atoms with E-state index in [2.05, 4.69) is 30.0 Å². The topological polar surface area (TPSA) is 244 Å². The minimum atomic E-state index is -0.728. The van der Waals surface area contributed by atoms with E-state index in [0.29, 0.717) is 77.4 Å². The van der Waals surface area contributed by atoms with Crippen molar-refractivity contribution in [3.8, 4) is 0 Å². The van der Waals surface area contributed by atoms with Gasteiger partial charge in [0.1, 0.15) is 5.78 Å². The van der Waals surface area contributed by atoms with Crippen LogP contribution in [-0.2, 0) is 52.6 Å². The van der Waals surface area contributed by atoms with Gasteiger partial charge in [0.25, 0.3) is 11.8 Å². The molecular weight excluding hydrogens is 995 g/mol. The van der Waals surface area contributed by atoms with E-state index < -0.39 is 35.6 Å². The zero-order valence-electron chi connectivity index (χ0n) is 48.8. The molecule has 18 heteroatoms. The number of carbonyl (C=O) groups excluding carboxylic acids is 9. The third-order valence-electron chi connectivity index (χ3n) is 17.0. The van der Waals surface area contributed by atoms with Crippen LogP contribution in [0.2, 0.25) is 0 Å². The fraction of sp³-hybridized carbons (Fsp3) is 0.717. The molecule has 0 bridgehead atoms. The van der Waals surface area contributed by atoms with E-state index in [0.717, 1.165) is 18.4 Å². The van der Waals surface area contributed by atoms with E-state index in [1.54, 1.807) is 14.2 Å². The number of ether oxygens (including phenoxy) is 2. The van der Waals surface area contributed by atoms with Gasteiger partial charge in [-0.3, -0.25) is 63.8 Å². The highest BCUT2D eigenvalue weighted by molar-refractivity contribution is 6.12. The number of amides is 7. The van der Waals surface area contributed by atoms with Crippen molar-refractivity contribution < 1.29 is 52.6 Å². The monoisotopic (exact) mass is 1090 g/mol. The van der Waals surface area contributed by atoms with Crippen LogP contribution in [0.3, 0.4) is 0 Å². The molecule has 0 radical (unpaired) electrons. The third-order valence-corrected chi connectivity index (χ3v) is 17.0. The first-order valence-corrected chi connectivity index (χ1v) is 28.9. The predicted molar refractivity (Wildman–Crippen MR) is 299 cm³/mol. The van der Waals surface area contributed by atoms with Crippen LogP contribution in [0.25, 0.3) is 0 Å². The molecule has 7 amide bonds. The zero-order valence-corrected chi connectivity index (χ0v) is 48.8. The Balaban J connectivity index is 1.25. The highest BCUT2D eigenvalue weighted by Gasteiger charge is 2.58. The summed E-state index contributed by atoms with van der Waals surface area (Å²) in [7, 11) is 5.05. The minimum Gasteiger partial charge on any atom is -0.381 e. The summed E-state index contributed by atoms with van der Waals surface area (Å²) in [6, 6.07) is 8.32. The van der Waals surface area contributed by atoms with Crippen molar-refractivity contribution in [3.63, 3.8) is 0 Å². The first-order valence-electron chi connectivity index (χ1n) is 28.9. The number of likely N-dealkylation sites (N-methyl/N-ethyl adjacent to an activating group) is 1. The summed E-state index contributed by atoms with van der Waals surface area (Å²) in [4.78, 5) is 122. The number of primary amides is 1. The van der Waals surface area contributed by atoms with Crippen molar-refractivity contribution in [2.24, 2.45) is 46.7 Å². The van der Waals surface area contributed by atoms with E-state index >= 15 is 0 Å². The van der Waals surface area contributed by atoms with Crippen LogP contribution in [0.5, 0.6) is 0 Å². The van der Waals surface area contributed by atoms with Crippen molar-refractivity contribution >= 4 is 52.9 Å². The highest BCUT2D eigenvalue weighted by Crippen LogP contribution is 2.62. The molecule has 1 aromatic carbocycles. The number of carbonyl (C=O) groups is 9. The lowest BCUT2D eigenvalue weighted by Crippen LogP contribution is -2.54. The maximum Gasteiger partial charge on any atom is 0.253 e. The number of hydrazine groups is 1. The highest BCUT2D eigenvalue weighted by atomic mass is 16.5. The number of methoxy groups -OCH3 is 2. The van der Waals surface area contributed by atoms with E-state index in [-0.39, 0.29) is 127 Å². The third kappa shape index (κ3) is 18.4. The first-order chi connectivity index (χ1) is 37.0. The summed E-state index contributed by atoms with van der Waals surface area (Å²) in [5.41, 5.74) is 11.3. The van der Waals surface area contributed by atoms with E-state index in [1.807, 2.05) is 88.7 Å². The smallest absolute Gasteiger partial charge is 0.253 e.